The molecule has 1 aromatic carbocycles. The van der Waals surface area contributed by atoms with Gasteiger partial charge in [0.2, 0.25) is 0 Å². The third-order valence-electron chi connectivity index (χ3n) is 1.61. The molecule has 1 rings (SSSR count). The van der Waals surface area contributed by atoms with Crippen molar-refractivity contribution >= 4 is 5.69 Å². The maximum atomic E-state index is 13.2. The Bertz CT molecular complexity index is 435. The fourth-order valence-corrected chi connectivity index (χ4v) is 0.962. The summed E-state index contributed by atoms with van der Waals surface area (Å²) in [6.45, 7) is 0. The molecule has 0 heterocycles. The molecule has 8 heteroatoms. The highest BCUT2D eigenvalue weighted by molar-refractivity contribution is 5.51. The van der Waals surface area contributed by atoms with Crippen molar-refractivity contribution in [2.24, 2.45) is 5.84 Å². The average molecular weight is 228 g/mol. The highest BCUT2D eigenvalue weighted by atomic mass is 19.1. The van der Waals surface area contributed by atoms with Crippen molar-refractivity contribution in [1.29, 1.82) is 0 Å². The topological polar surface area (TPSA) is 113 Å². The van der Waals surface area contributed by atoms with E-state index in [1.54, 1.807) is 0 Å². The molecule has 0 fully saturated rings. The lowest BCUT2D eigenvalue weighted by Crippen LogP contribution is -2.27. The van der Waals surface area contributed by atoms with Crippen molar-refractivity contribution in [2.45, 2.75) is 0 Å². The number of nitrogens with two attached hydrogens (primary N) is 1. The second kappa shape index (κ2) is 4.94. The minimum atomic E-state index is -0.760. The Morgan fingerprint density at radius 1 is 1.62 bits per heavy atom. The SMILES string of the molecule is NNC(=C[N+](=O)[O-])Nc1ccc(O)cc1F. The lowest BCUT2D eigenvalue weighted by Gasteiger charge is -2.08. The summed E-state index contributed by atoms with van der Waals surface area (Å²) in [4.78, 5) is 9.41. The Labute approximate surface area is 89.5 Å². The molecule has 1 aromatic rings. The maximum absolute atomic E-state index is 13.2. The highest BCUT2D eigenvalue weighted by Crippen LogP contribution is 2.20. The summed E-state index contributed by atoms with van der Waals surface area (Å²) in [5.74, 6) is 3.80. The zero-order valence-corrected chi connectivity index (χ0v) is 7.98. The van der Waals surface area contributed by atoms with Crippen molar-refractivity contribution < 1.29 is 14.4 Å². The number of hydrogen-bond donors (Lipinski definition) is 4. The van der Waals surface area contributed by atoms with Gasteiger partial charge in [0.1, 0.15) is 11.6 Å². The largest absolute Gasteiger partial charge is 0.508 e. The van der Waals surface area contributed by atoms with E-state index >= 15 is 0 Å². The Morgan fingerprint density at radius 3 is 2.81 bits per heavy atom. The van der Waals surface area contributed by atoms with Crippen molar-refractivity contribution in [3.8, 4) is 5.75 Å². The first-order chi connectivity index (χ1) is 7.52. The zero-order chi connectivity index (χ0) is 12.1. The standard InChI is InChI=1S/C8H9FN4O3/c9-6-3-5(14)1-2-7(6)11-8(12-10)4-13(15)16/h1-4,11-12,14H,10H2. The predicted octanol–water partition coefficient (Wildman–Crippen LogP) is 0.482. The van der Waals surface area contributed by atoms with Gasteiger partial charge in [0.15, 0.2) is 5.82 Å². The molecule has 86 valence electrons. The molecule has 0 atom stereocenters. The van der Waals surface area contributed by atoms with E-state index in [4.69, 9.17) is 10.9 Å². The van der Waals surface area contributed by atoms with E-state index in [1.807, 2.05) is 5.43 Å². The number of hydrogen-bond acceptors (Lipinski definition) is 6. The van der Waals surface area contributed by atoms with Gasteiger partial charge in [-0.25, -0.2) is 10.2 Å². The lowest BCUT2D eigenvalue weighted by atomic mass is 10.3. The number of hydrazine groups is 1. The van der Waals surface area contributed by atoms with Gasteiger partial charge in [-0.1, -0.05) is 0 Å². The highest BCUT2D eigenvalue weighted by Gasteiger charge is 2.06. The van der Waals surface area contributed by atoms with Crippen LogP contribution in [0.3, 0.4) is 0 Å². The normalized spacial score (nSPS) is 11.0. The first-order valence-electron chi connectivity index (χ1n) is 4.10. The van der Waals surface area contributed by atoms with Crippen molar-refractivity contribution in [1.82, 2.24) is 5.43 Å². The number of nitrogens with zero attached hydrogens (tertiary/aromatic N) is 1. The van der Waals surface area contributed by atoms with Gasteiger partial charge in [-0.2, -0.15) is 0 Å². The van der Waals surface area contributed by atoms with E-state index in [9.17, 15) is 14.5 Å². The molecular formula is C8H9FN4O3. The van der Waals surface area contributed by atoms with Crippen LogP contribution in [-0.2, 0) is 0 Å². The molecular weight excluding hydrogens is 219 g/mol. The van der Waals surface area contributed by atoms with E-state index in [1.165, 1.54) is 12.1 Å². The number of phenolic OH excluding ortho intramolecular Hbond substituents is 1. The second-order valence-electron chi connectivity index (χ2n) is 2.76. The van der Waals surface area contributed by atoms with Crippen LogP contribution in [0.15, 0.2) is 30.2 Å². The van der Waals surface area contributed by atoms with Gasteiger partial charge >= 0.3 is 0 Å². The molecule has 0 aliphatic rings. The fourth-order valence-electron chi connectivity index (χ4n) is 0.962. The average Bonchev–Trinajstić information content (AvgIpc) is 2.20. The monoisotopic (exact) mass is 228 g/mol. The Morgan fingerprint density at radius 2 is 2.31 bits per heavy atom. The summed E-state index contributed by atoms with van der Waals surface area (Å²) in [5.41, 5.74) is 1.95. The Hall–Kier alpha value is -2.35. The van der Waals surface area contributed by atoms with E-state index in [0.29, 0.717) is 6.20 Å². The molecule has 16 heavy (non-hydrogen) atoms. The number of phenols is 1. The first kappa shape index (κ1) is 11.7. The Kier molecular flexibility index (Phi) is 3.62. The van der Waals surface area contributed by atoms with Crippen LogP contribution in [0.4, 0.5) is 10.1 Å². The first-order valence-corrected chi connectivity index (χ1v) is 4.10. The molecule has 0 saturated heterocycles. The third-order valence-corrected chi connectivity index (χ3v) is 1.61. The molecule has 7 nitrogen and oxygen atoms in total. The summed E-state index contributed by atoms with van der Waals surface area (Å²) in [6, 6.07) is 3.31. The summed E-state index contributed by atoms with van der Waals surface area (Å²) in [7, 11) is 0. The van der Waals surface area contributed by atoms with Gasteiger partial charge in [0, 0.05) is 6.07 Å². The summed E-state index contributed by atoms with van der Waals surface area (Å²) in [5, 5.41) is 21.5. The summed E-state index contributed by atoms with van der Waals surface area (Å²) in [6.07, 6.45) is 0.548. The Balaban J connectivity index is 2.90. The van der Waals surface area contributed by atoms with Crippen molar-refractivity contribution in [3.05, 3.63) is 46.2 Å². The number of halogens is 1. The number of aromatic hydroxyl groups is 1. The van der Waals surface area contributed by atoms with Crippen LogP contribution < -0.4 is 16.6 Å². The molecule has 0 unspecified atom stereocenters. The van der Waals surface area contributed by atoms with Gasteiger partial charge in [-0.15, -0.1) is 0 Å². The van der Waals surface area contributed by atoms with Crippen LogP contribution in [0.5, 0.6) is 5.75 Å². The molecule has 0 aromatic heterocycles. The minimum Gasteiger partial charge on any atom is -0.508 e. The number of benzene rings is 1. The van der Waals surface area contributed by atoms with Crippen LogP contribution in [0.1, 0.15) is 0 Å². The van der Waals surface area contributed by atoms with Crippen LogP contribution in [0.25, 0.3) is 0 Å². The zero-order valence-electron chi connectivity index (χ0n) is 7.98. The molecule has 0 aliphatic heterocycles. The molecule has 0 aliphatic carbocycles. The lowest BCUT2D eigenvalue weighted by molar-refractivity contribution is -0.403. The van der Waals surface area contributed by atoms with E-state index < -0.39 is 10.7 Å². The van der Waals surface area contributed by atoms with Crippen molar-refractivity contribution in [2.75, 3.05) is 5.32 Å². The number of rotatable bonds is 4. The van der Waals surface area contributed by atoms with Gasteiger partial charge in [-0.3, -0.25) is 10.1 Å². The van der Waals surface area contributed by atoms with Crippen molar-refractivity contribution in [3.63, 3.8) is 0 Å². The predicted molar refractivity (Wildman–Crippen MR) is 54.1 cm³/mol. The van der Waals surface area contributed by atoms with Gasteiger partial charge < -0.3 is 15.8 Å². The van der Waals surface area contributed by atoms with Gasteiger partial charge in [0.05, 0.1) is 10.6 Å². The molecule has 5 N–H and O–H groups in total. The van der Waals surface area contributed by atoms with E-state index in [0.717, 1.165) is 6.07 Å². The second-order valence-corrected chi connectivity index (χ2v) is 2.76. The smallest absolute Gasteiger partial charge is 0.275 e. The van der Waals surface area contributed by atoms with E-state index in [-0.39, 0.29) is 17.3 Å². The van der Waals surface area contributed by atoms with Gasteiger partial charge in [0.25, 0.3) is 6.20 Å². The molecule has 0 saturated carbocycles. The molecule has 0 bridgehead atoms. The summed E-state index contributed by atoms with van der Waals surface area (Å²) >= 11 is 0. The maximum Gasteiger partial charge on any atom is 0.275 e. The van der Waals surface area contributed by atoms with Crippen LogP contribution >= 0.6 is 0 Å². The molecule has 0 radical (unpaired) electrons. The molecule has 0 amide bonds. The van der Waals surface area contributed by atoms with Crippen LogP contribution in [-0.4, -0.2) is 10.0 Å². The number of nitro groups is 1. The van der Waals surface area contributed by atoms with Gasteiger partial charge in [-0.05, 0) is 12.1 Å². The number of anilines is 1. The van der Waals surface area contributed by atoms with Crippen LogP contribution in [0, 0.1) is 15.9 Å². The fraction of sp³-hybridized carbons (Fsp3) is 0. The number of nitrogens with one attached hydrogen (secondary N) is 2. The van der Waals surface area contributed by atoms with E-state index in [2.05, 4.69) is 5.32 Å². The minimum absolute atomic E-state index is 0.0520. The quantitative estimate of drug-likeness (QED) is 0.258. The summed E-state index contributed by atoms with van der Waals surface area (Å²) < 4.78 is 13.2. The molecule has 0 spiro atoms. The van der Waals surface area contributed by atoms with Crippen LogP contribution in [0.2, 0.25) is 0 Å². The third kappa shape index (κ3) is 3.10.